The number of aliphatic carboxylic acids is 1. The normalized spacial score (nSPS) is 18.9. The third kappa shape index (κ3) is 6.60. The van der Waals surface area contributed by atoms with Crippen LogP contribution in [0.25, 0.3) is 10.9 Å². The van der Waals surface area contributed by atoms with Crippen LogP contribution in [-0.4, -0.2) is 64.5 Å². The lowest BCUT2D eigenvalue weighted by Gasteiger charge is -2.27. The first kappa shape index (κ1) is 26.2. The number of carboxylic acid groups (broad SMARTS) is 1. The topological polar surface area (TPSA) is 152 Å². The summed E-state index contributed by atoms with van der Waals surface area (Å²) in [5, 5.41) is 21.3. The van der Waals surface area contributed by atoms with Gasteiger partial charge in [0, 0.05) is 23.5 Å². The maximum atomic E-state index is 13.5. The molecule has 6 N–H and O–H groups in total. The molecule has 10 nitrogen and oxygen atoms in total. The highest BCUT2D eigenvalue weighted by Gasteiger charge is 2.33. The zero-order valence-electron chi connectivity index (χ0n) is 20.4. The Morgan fingerprint density at radius 3 is 2.49 bits per heavy atom. The van der Waals surface area contributed by atoms with Crippen molar-refractivity contribution < 1.29 is 24.3 Å². The van der Waals surface area contributed by atoms with Gasteiger partial charge >= 0.3 is 5.97 Å². The molecule has 0 aliphatic carbocycles. The molecule has 5 unspecified atom stereocenters. The van der Waals surface area contributed by atoms with Gasteiger partial charge in [-0.05, 0) is 43.9 Å². The minimum absolute atomic E-state index is 0.231. The van der Waals surface area contributed by atoms with Crippen LogP contribution in [0.3, 0.4) is 0 Å². The number of hydrogen-bond donors (Lipinski definition) is 6. The van der Waals surface area contributed by atoms with E-state index in [9.17, 15) is 19.2 Å². The Labute approximate surface area is 204 Å². The van der Waals surface area contributed by atoms with Crippen LogP contribution < -0.4 is 21.3 Å². The Morgan fingerprint density at radius 2 is 1.83 bits per heavy atom. The number of fused-ring (bicyclic) bond motifs is 1. The number of aromatic amines is 1. The van der Waals surface area contributed by atoms with Gasteiger partial charge in [-0.3, -0.25) is 19.2 Å². The van der Waals surface area contributed by atoms with Crippen molar-refractivity contribution in [3.05, 3.63) is 36.0 Å². The minimum atomic E-state index is -1.17. The highest BCUT2D eigenvalue weighted by Crippen LogP contribution is 2.20. The van der Waals surface area contributed by atoms with Gasteiger partial charge in [0.1, 0.15) is 18.1 Å². The van der Waals surface area contributed by atoms with Crippen molar-refractivity contribution in [1.82, 2.24) is 26.3 Å². The summed E-state index contributed by atoms with van der Waals surface area (Å²) in [6, 6.07) is 4.37. The molecule has 190 valence electrons. The fourth-order valence-corrected chi connectivity index (χ4v) is 4.23. The maximum absolute atomic E-state index is 13.5. The van der Waals surface area contributed by atoms with Gasteiger partial charge in [-0.1, -0.05) is 38.5 Å². The summed E-state index contributed by atoms with van der Waals surface area (Å²) >= 11 is 0. The monoisotopic (exact) mass is 485 g/mol. The highest BCUT2D eigenvalue weighted by molar-refractivity contribution is 5.95. The molecule has 1 aliphatic rings. The fourth-order valence-electron chi connectivity index (χ4n) is 4.23. The van der Waals surface area contributed by atoms with Gasteiger partial charge < -0.3 is 31.4 Å². The number of carboxylic acids is 1. The van der Waals surface area contributed by atoms with Crippen molar-refractivity contribution in [2.24, 2.45) is 5.92 Å². The molecule has 2 heterocycles. The summed E-state index contributed by atoms with van der Waals surface area (Å²) in [4.78, 5) is 53.6. The van der Waals surface area contributed by atoms with Crippen molar-refractivity contribution in [3.63, 3.8) is 0 Å². The van der Waals surface area contributed by atoms with Crippen LogP contribution in [0.15, 0.2) is 30.5 Å². The van der Waals surface area contributed by atoms with E-state index in [0.717, 1.165) is 29.4 Å². The molecule has 1 saturated heterocycles. The summed E-state index contributed by atoms with van der Waals surface area (Å²) in [5.41, 5.74) is 1.79. The molecular formula is C25H35N5O5. The molecule has 1 fully saturated rings. The largest absolute Gasteiger partial charge is 0.480 e. The lowest BCUT2D eigenvalue weighted by atomic mass is 9.96. The molecule has 1 aromatic carbocycles. The molecule has 35 heavy (non-hydrogen) atoms. The van der Waals surface area contributed by atoms with Crippen molar-refractivity contribution in [1.29, 1.82) is 0 Å². The maximum Gasteiger partial charge on any atom is 0.325 e. The van der Waals surface area contributed by atoms with Crippen LogP contribution in [0.2, 0.25) is 0 Å². The van der Waals surface area contributed by atoms with E-state index in [1.54, 1.807) is 0 Å². The average molecular weight is 486 g/mol. The molecule has 3 rings (SSSR count). The van der Waals surface area contributed by atoms with E-state index in [0.29, 0.717) is 12.8 Å². The summed E-state index contributed by atoms with van der Waals surface area (Å²) < 4.78 is 0. The lowest BCUT2D eigenvalue weighted by Crippen LogP contribution is -2.58. The summed E-state index contributed by atoms with van der Waals surface area (Å²) in [7, 11) is 0. The first-order valence-corrected chi connectivity index (χ1v) is 12.1. The second-order valence-corrected chi connectivity index (χ2v) is 9.21. The smallest absolute Gasteiger partial charge is 0.325 e. The molecule has 1 aliphatic heterocycles. The van der Waals surface area contributed by atoms with E-state index < -0.39 is 35.9 Å². The first-order chi connectivity index (χ1) is 16.7. The number of H-pyrrole nitrogens is 1. The number of hydrogen-bond acceptors (Lipinski definition) is 5. The van der Waals surface area contributed by atoms with Crippen molar-refractivity contribution in [2.75, 3.05) is 6.54 Å². The predicted octanol–water partition coefficient (Wildman–Crippen LogP) is 1.07. The number of carbonyl (C=O) groups is 4. The molecule has 10 heteroatoms. The van der Waals surface area contributed by atoms with Gasteiger partial charge in [0.2, 0.25) is 17.7 Å². The second kappa shape index (κ2) is 11.8. The van der Waals surface area contributed by atoms with E-state index >= 15 is 0 Å². The molecular weight excluding hydrogens is 450 g/mol. The van der Waals surface area contributed by atoms with Crippen molar-refractivity contribution in [3.8, 4) is 0 Å². The molecule has 0 spiro atoms. The Hall–Kier alpha value is -3.40. The van der Waals surface area contributed by atoms with E-state index in [-0.39, 0.29) is 24.3 Å². The molecule has 5 atom stereocenters. The van der Waals surface area contributed by atoms with Crippen LogP contribution in [0.4, 0.5) is 0 Å². The van der Waals surface area contributed by atoms with Gasteiger partial charge in [-0.15, -0.1) is 0 Å². The molecule has 3 amide bonds. The molecule has 0 radical (unpaired) electrons. The molecule has 0 bridgehead atoms. The fraction of sp³-hybridized carbons (Fsp3) is 0.520. The van der Waals surface area contributed by atoms with E-state index in [1.165, 1.54) is 6.92 Å². The first-order valence-electron chi connectivity index (χ1n) is 12.1. The van der Waals surface area contributed by atoms with Gasteiger partial charge in [0.15, 0.2) is 0 Å². The lowest BCUT2D eigenvalue weighted by molar-refractivity contribution is -0.142. The van der Waals surface area contributed by atoms with Crippen LogP contribution in [0, 0.1) is 5.92 Å². The standard InChI is InChI=1S/C25H35N5O5/c1-4-14(2)21(24(33)28-15(3)25(34)35)30-23(32)20(29-22(31)19-10-7-11-26-19)12-16-13-27-18-9-6-5-8-17(16)18/h5-6,8-9,13-15,19-21,26-27H,4,7,10-12H2,1-3H3,(H,28,33)(H,29,31)(H,30,32)(H,34,35). The number of nitrogens with one attached hydrogen (secondary N) is 5. The Kier molecular flexibility index (Phi) is 8.86. The molecule has 2 aromatic rings. The van der Waals surface area contributed by atoms with E-state index in [2.05, 4.69) is 26.3 Å². The number of aromatic nitrogens is 1. The summed E-state index contributed by atoms with van der Waals surface area (Å²) in [6.07, 6.45) is 4.21. The molecule has 1 aromatic heterocycles. The van der Waals surface area contributed by atoms with Gasteiger partial charge in [-0.2, -0.15) is 0 Å². The summed E-state index contributed by atoms with van der Waals surface area (Å²) in [6.45, 7) is 5.81. The quantitative estimate of drug-likeness (QED) is 0.280. The van der Waals surface area contributed by atoms with Crippen molar-refractivity contribution in [2.45, 2.75) is 70.6 Å². The minimum Gasteiger partial charge on any atom is -0.480 e. The van der Waals surface area contributed by atoms with Crippen LogP contribution in [0.1, 0.15) is 45.6 Å². The van der Waals surface area contributed by atoms with Crippen LogP contribution in [-0.2, 0) is 25.6 Å². The number of benzene rings is 1. The van der Waals surface area contributed by atoms with Gasteiger partial charge in [0.05, 0.1) is 6.04 Å². The number of amides is 3. The predicted molar refractivity (Wildman–Crippen MR) is 132 cm³/mol. The Balaban J connectivity index is 1.82. The number of rotatable bonds is 11. The SMILES string of the molecule is CCC(C)C(NC(=O)C(Cc1c[nH]c2ccccc12)NC(=O)C1CCCN1)C(=O)NC(C)C(=O)O. The second-order valence-electron chi connectivity index (χ2n) is 9.21. The number of carbonyl (C=O) groups excluding carboxylic acids is 3. The Bertz CT molecular complexity index is 1060. The Morgan fingerprint density at radius 1 is 1.09 bits per heavy atom. The van der Waals surface area contributed by atoms with E-state index in [4.69, 9.17) is 5.11 Å². The average Bonchev–Trinajstić information content (AvgIpc) is 3.52. The zero-order valence-corrected chi connectivity index (χ0v) is 20.4. The number of para-hydroxylation sites is 1. The van der Waals surface area contributed by atoms with E-state index in [1.807, 2.05) is 44.3 Å². The summed E-state index contributed by atoms with van der Waals surface area (Å²) in [5.74, 6) is -2.74. The zero-order chi connectivity index (χ0) is 25.5. The van der Waals surface area contributed by atoms with Crippen LogP contribution >= 0.6 is 0 Å². The van der Waals surface area contributed by atoms with Crippen molar-refractivity contribution >= 4 is 34.6 Å². The van der Waals surface area contributed by atoms with Crippen LogP contribution in [0.5, 0.6) is 0 Å². The van der Waals surface area contributed by atoms with Gasteiger partial charge in [0.25, 0.3) is 0 Å². The van der Waals surface area contributed by atoms with Gasteiger partial charge in [-0.25, -0.2) is 0 Å². The molecule has 0 saturated carbocycles. The third-order valence-corrected chi connectivity index (χ3v) is 6.63. The third-order valence-electron chi connectivity index (χ3n) is 6.63. The highest BCUT2D eigenvalue weighted by atomic mass is 16.4.